The van der Waals surface area contributed by atoms with E-state index in [0.717, 1.165) is 17.9 Å². The second-order valence-corrected chi connectivity index (χ2v) is 12.0. The van der Waals surface area contributed by atoms with Gasteiger partial charge in [0.2, 0.25) is 0 Å². The van der Waals surface area contributed by atoms with E-state index < -0.39 is 47.0 Å². The first-order chi connectivity index (χ1) is 19.2. The summed E-state index contributed by atoms with van der Waals surface area (Å²) in [5.74, 6) is -3.99. The quantitative estimate of drug-likeness (QED) is 0.191. The van der Waals surface area contributed by atoms with Crippen LogP contribution in [0.2, 0.25) is 0 Å². The van der Waals surface area contributed by atoms with E-state index in [4.69, 9.17) is 18.9 Å². The molecule has 0 bridgehead atoms. The zero-order valence-corrected chi connectivity index (χ0v) is 23.3. The second-order valence-electron chi connectivity index (χ2n) is 9.34. The molecule has 0 spiro atoms. The molecule has 2 saturated heterocycles. The minimum Gasteiger partial charge on any atom is -0.429 e. The van der Waals surface area contributed by atoms with Gasteiger partial charge in [0, 0.05) is 42.9 Å². The summed E-state index contributed by atoms with van der Waals surface area (Å²) in [6.45, 7) is 5.04. The van der Waals surface area contributed by atoms with Gasteiger partial charge >= 0.3 is 6.11 Å². The van der Waals surface area contributed by atoms with Crippen molar-refractivity contribution in [2.24, 2.45) is 11.8 Å². The SMILES string of the molecule is CCOCCOCCC1CSC(C2COC(c3cc(F)c(C(F)(F)Oc4cc(F)cc(F)c4)c(F)c3)OC2)SC1. The van der Waals surface area contributed by atoms with E-state index in [0.29, 0.717) is 62.7 Å². The summed E-state index contributed by atoms with van der Waals surface area (Å²) in [4.78, 5) is 0. The van der Waals surface area contributed by atoms with Crippen molar-refractivity contribution >= 4 is 23.5 Å². The molecule has 222 valence electrons. The zero-order chi connectivity index (χ0) is 28.7. The van der Waals surface area contributed by atoms with Crippen LogP contribution >= 0.6 is 23.5 Å². The fourth-order valence-electron chi connectivity index (χ4n) is 4.27. The van der Waals surface area contributed by atoms with Gasteiger partial charge in [0.1, 0.15) is 34.6 Å². The Balaban J connectivity index is 1.27. The summed E-state index contributed by atoms with van der Waals surface area (Å²) < 4.78 is 112. The summed E-state index contributed by atoms with van der Waals surface area (Å²) in [6.07, 6.45) is -4.72. The van der Waals surface area contributed by atoms with E-state index in [1.807, 2.05) is 30.4 Å². The van der Waals surface area contributed by atoms with Crippen LogP contribution in [0.1, 0.15) is 30.8 Å². The zero-order valence-electron chi connectivity index (χ0n) is 21.7. The maximum Gasteiger partial charge on any atom is 0.432 e. The van der Waals surface area contributed by atoms with Crippen LogP contribution in [0.4, 0.5) is 26.3 Å². The number of rotatable bonds is 12. The Bertz CT molecular complexity index is 1070. The molecule has 0 unspecified atom stereocenters. The lowest BCUT2D eigenvalue weighted by Gasteiger charge is -2.37. The molecule has 5 nitrogen and oxygen atoms in total. The Labute approximate surface area is 237 Å². The molecule has 0 amide bonds. The Kier molecular flexibility index (Phi) is 11.3. The average Bonchev–Trinajstić information content (AvgIpc) is 2.89. The minimum atomic E-state index is -4.55. The monoisotopic (exact) mass is 612 g/mol. The van der Waals surface area contributed by atoms with Gasteiger partial charge in [-0.3, -0.25) is 0 Å². The van der Waals surface area contributed by atoms with Crippen LogP contribution in [0.15, 0.2) is 30.3 Å². The van der Waals surface area contributed by atoms with Crippen molar-refractivity contribution in [2.45, 2.75) is 30.3 Å². The fraction of sp³-hybridized carbons (Fsp3) is 0.556. The molecule has 0 N–H and O–H groups in total. The first-order valence-corrected chi connectivity index (χ1v) is 14.9. The predicted molar refractivity (Wildman–Crippen MR) is 139 cm³/mol. The van der Waals surface area contributed by atoms with Crippen LogP contribution in [-0.4, -0.2) is 55.7 Å². The van der Waals surface area contributed by atoms with Gasteiger partial charge in [-0.15, -0.1) is 23.5 Å². The average molecular weight is 613 g/mol. The lowest BCUT2D eigenvalue weighted by molar-refractivity contribution is -0.203. The molecule has 0 aromatic heterocycles. The molecule has 13 heteroatoms. The lowest BCUT2D eigenvalue weighted by Crippen LogP contribution is -2.35. The Morgan fingerprint density at radius 1 is 0.850 bits per heavy atom. The third-order valence-electron chi connectivity index (χ3n) is 6.26. The van der Waals surface area contributed by atoms with Gasteiger partial charge in [0.05, 0.1) is 31.0 Å². The highest BCUT2D eigenvalue weighted by Crippen LogP contribution is 2.42. The van der Waals surface area contributed by atoms with Crippen LogP contribution in [0.5, 0.6) is 5.75 Å². The third kappa shape index (κ3) is 8.45. The van der Waals surface area contributed by atoms with Crippen molar-refractivity contribution in [2.75, 3.05) is 51.1 Å². The van der Waals surface area contributed by atoms with E-state index in [1.54, 1.807) is 0 Å². The van der Waals surface area contributed by atoms with Crippen LogP contribution in [0.25, 0.3) is 0 Å². The smallest absolute Gasteiger partial charge is 0.429 e. The normalized spacial score (nSPS) is 23.8. The Morgan fingerprint density at radius 3 is 2.05 bits per heavy atom. The predicted octanol–water partition coefficient (Wildman–Crippen LogP) is 6.90. The van der Waals surface area contributed by atoms with Crippen molar-refractivity contribution in [3.05, 3.63) is 64.7 Å². The number of thioether (sulfide) groups is 2. The molecule has 0 aliphatic carbocycles. The van der Waals surface area contributed by atoms with E-state index in [1.165, 1.54) is 0 Å². The third-order valence-corrected chi connectivity index (χ3v) is 9.83. The molecule has 2 aromatic carbocycles. The first kappa shape index (κ1) is 31.3. The molecule has 2 aromatic rings. The number of hydrogen-bond acceptors (Lipinski definition) is 7. The van der Waals surface area contributed by atoms with Gasteiger partial charge in [-0.1, -0.05) is 0 Å². The summed E-state index contributed by atoms with van der Waals surface area (Å²) in [6, 6.07) is 2.76. The van der Waals surface area contributed by atoms with Crippen molar-refractivity contribution in [1.29, 1.82) is 0 Å². The molecular weight excluding hydrogens is 582 g/mol. The maximum atomic E-state index is 14.7. The minimum absolute atomic E-state index is 0.0491. The van der Waals surface area contributed by atoms with Gasteiger partial charge in [-0.25, -0.2) is 17.6 Å². The highest BCUT2D eigenvalue weighted by Gasteiger charge is 2.42. The number of ether oxygens (including phenoxy) is 5. The van der Waals surface area contributed by atoms with Crippen molar-refractivity contribution in [3.63, 3.8) is 0 Å². The molecule has 40 heavy (non-hydrogen) atoms. The number of hydrogen-bond donors (Lipinski definition) is 0. The first-order valence-electron chi connectivity index (χ1n) is 12.8. The molecule has 0 saturated carbocycles. The summed E-state index contributed by atoms with van der Waals surface area (Å²) in [7, 11) is 0. The standard InChI is InChI=1S/C27H30F6O5S2/c1-2-34-5-6-35-4-3-16-14-39-26(40-15-16)18-12-36-25(37-13-18)17-7-22(30)24(23(31)8-17)27(32,33)38-21-10-19(28)9-20(29)11-21/h7-11,16,18,25-26H,2-6,12-15H2,1H3. The summed E-state index contributed by atoms with van der Waals surface area (Å²) in [5, 5.41) is 0. The molecule has 2 aliphatic heterocycles. The van der Waals surface area contributed by atoms with Crippen LogP contribution < -0.4 is 4.74 Å². The number of benzene rings is 2. The van der Waals surface area contributed by atoms with Crippen LogP contribution in [0.3, 0.4) is 0 Å². The molecule has 0 atom stereocenters. The second kappa shape index (κ2) is 14.5. The van der Waals surface area contributed by atoms with E-state index >= 15 is 0 Å². The maximum absolute atomic E-state index is 14.7. The van der Waals surface area contributed by atoms with E-state index in [2.05, 4.69) is 4.74 Å². The number of halogens is 6. The van der Waals surface area contributed by atoms with Gasteiger partial charge in [-0.05, 0) is 42.9 Å². The van der Waals surface area contributed by atoms with Gasteiger partial charge < -0.3 is 23.7 Å². The van der Waals surface area contributed by atoms with Crippen molar-refractivity contribution in [3.8, 4) is 5.75 Å². The van der Waals surface area contributed by atoms with Crippen molar-refractivity contribution in [1.82, 2.24) is 0 Å². The topological polar surface area (TPSA) is 46.2 Å². The fourth-order valence-corrected chi connectivity index (χ4v) is 7.63. The summed E-state index contributed by atoms with van der Waals surface area (Å²) >= 11 is 3.63. The highest BCUT2D eigenvalue weighted by atomic mass is 32.2. The van der Waals surface area contributed by atoms with Gasteiger partial charge in [0.25, 0.3) is 0 Å². The van der Waals surface area contributed by atoms with E-state index in [-0.39, 0.29) is 29.3 Å². The van der Waals surface area contributed by atoms with Crippen LogP contribution in [0, 0.1) is 35.1 Å². The lowest BCUT2D eigenvalue weighted by atomic mass is 10.1. The molecule has 2 fully saturated rings. The van der Waals surface area contributed by atoms with Gasteiger partial charge in [-0.2, -0.15) is 8.78 Å². The highest BCUT2D eigenvalue weighted by molar-refractivity contribution is 8.17. The molecule has 0 radical (unpaired) electrons. The van der Waals surface area contributed by atoms with E-state index in [9.17, 15) is 26.3 Å². The Hall–Kier alpha value is -1.64. The van der Waals surface area contributed by atoms with Crippen molar-refractivity contribution < 1.29 is 50.0 Å². The number of alkyl halides is 2. The summed E-state index contributed by atoms with van der Waals surface area (Å²) in [5.41, 5.74) is -1.81. The largest absolute Gasteiger partial charge is 0.432 e. The van der Waals surface area contributed by atoms with Crippen LogP contribution in [-0.2, 0) is 25.1 Å². The molecule has 2 aliphatic rings. The molecule has 4 rings (SSSR count). The Morgan fingerprint density at radius 2 is 1.45 bits per heavy atom. The molecular formula is C27H30F6O5S2. The van der Waals surface area contributed by atoms with Gasteiger partial charge in [0.15, 0.2) is 6.29 Å². The molecule has 2 heterocycles.